The van der Waals surface area contributed by atoms with Crippen molar-refractivity contribution < 1.29 is 19.7 Å². The molecular weight excluding hydrogens is 296 g/mol. The van der Waals surface area contributed by atoms with Crippen molar-refractivity contribution in [1.29, 1.82) is 0 Å². The molecule has 0 aliphatic heterocycles. The third-order valence-electron chi connectivity index (χ3n) is 3.66. The monoisotopic (exact) mass is 322 g/mol. The van der Waals surface area contributed by atoms with E-state index in [-0.39, 0.29) is 17.5 Å². The summed E-state index contributed by atoms with van der Waals surface area (Å²) in [7, 11) is 0. The average Bonchev–Trinajstić information content (AvgIpc) is 3.25. The number of aromatic hydroxyl groups is 2. The number of amides is 1. The minimum Gasteiger partial charge on any atom is -0.504 e. The van der Waals surface area contributed by atoms with Crippen molar-refractivity contribution in [3.63, 3.8) is 0 Å². The first-order valence-electron chi connectivity index (χ1n) is 7.96. The first kappa shape index (κ1) is 17.4. The number of alkyl carbamates (subject to hydrolysis) is 1. The van der Waals surface area contributed by atoms with Gasteiger partial charge in [0.25, 0.3) is 0 Å². The van der Waals surface area contributed by atoms with E-state index >= 15 is 0 Å². The van der Waals surface area contributed by atoms with Crippen LogP contribution in [0.15, 0.2) is 18.2 Å². The molecule has 1 aromatic rings. The second kappa shape index (κ2) is 7.08. The lowest BCUT2D eigenvalue weighted by molar-refractivity contribution is 0.0521. The predicted molar refractivity (Wildman–Crippen MR) is 87.4 cm³/mol. The minimum absolute atomic E-state index is 0.126. The van der Waals surface area contributed by atoms with Crippen molar-refractivity contribution in [2.24, 2.45) is 5.92 Å². The van der Waals surface area contributed by atoms with E-state index in [9.17, 15) is 15.0 Å². The molecule has 2 rings (SSSR count). The third-order valence-corrected chi connectivity index (χ3v) is 3.66. The van der Waals surface area contributed by atoms with Gasteiger partial charge in [0.05, 0.1) is 0 Å². The number of rotatable bonds is 6. The summed E-state index contributed by atoms with van der Waals surface area (Å²) < 4.78 is 5.24. The topological polar surface area (TPSA) is 90.8 Å². The van der Waals surface area contributed by atoms with E-state index in [2.05, 4.69) is 10.6 Å². The lowest BCUT2D eigenvalue weighted by Crippen LogP contribution is -2.43. The van der Waals surface area contributed by atoms with Gasteiger partial charge in [0.1, 0.15) is 5.60 Å². The Labute approximate surface area is 136 Å². The number of phenols is 2. The molecule has 1 amide bonds. The molecule has 128 valence electrons. The number of hydrogen-bond donors (Lipinski definition) is 4. The Bertz CT molecular complexity index is 550. The first-order chi connectivity index (χ1) is 10.7. The number of carbonyl (C=O) groups excluding carboxylic acids is 1. The van der Waals surface area contributed by atoms with Crippen LogP contribution in [-0.2, 0) is 11.3 Å². The van der Waals surface area contributed by atoms with E-state index in [4.69, 9.17) is 4.74 Å². The maximum atomic E-state index is 11.7. The van der Waals surface area contributed by atoms with E-state index in [0.29, 0.717) is 19.0 Å². The molecule has 1 aromatic carbocycles. The van der Waals surface area contributed by atoms with Crippen molar-refractivity contribution >= 4 is 6.09 Å². The highest BCUT2D eigenvalue weighted by Crippen LogP contribution is 2.33. The number of benzene rings is 1. The summed E-state index contributed by atoms with van der Waals surface area (Å²) in [6, 6.07) is 4.93. The Kier molecular flexibility index (Phi) is 5.36. The normalized spacial score (nSPS) is 16.0. The smallest absolute Gasteiger partial charge is 0.407 e. The van der Waals surface area contributed by atoms with Gasteiger partial charge in [-0.15, -0.1) is 0 Å². The number of carbonyl (C=O) groups is 1. The molecule has 6 nitrogen and oxygen atoms in total. The molecule has 0 spiro atoms. The molecular formula is C17H26N2O4. The van der Waals surface area contributed by atoms with Gasteiger partial charge >= 0.3 is 6.09 Å². The van der Waals surface area contributed by atoms with E-state index in [1.165, 1.54) is 12.1 Å². The number of phenolic OH excluding ortho intramolecular Hbond substituents is 2. The van der Waals surface area contributed by atoms with Crippen LogP contribution in [0.3, 0.4) is 0 Å². The molecule has 0 saturated heterocycles. The van der Waals surface area contributed by atoms with Crippen LogP contribution in [0.2, 0.25) is 0 Å². The van der Waals surface area contributed by atoms with Crippen LogP contribution in [-0.4, -0.2) is 34.5 Å². The maximum absolute atomic E-state index is 11.7. The van der Waals surface area contributed by atoms with Gasteiger partial charge in [0.2, 0.25) is 0 Å². The predicted octanol–water partition coefficient (Wildman–Crippen LogP) is 2.49. The van der Waals surface area contributed by atoms with Crippen LogP contribution < -0.4 is 10.6 Å². The first-order valence-corrected chi connectivity index (χ1v) is 7.96. The third kappa shape index (κ3) is 5.98. The highest BCUT2D eigenvalue weighted by molar-refractivity contribution is 5.67. The fraction of sp³-hybridized carbons (Fsp3) is 0.588. The number of nitrogens with one attached hydrogen (secondary N) is 2. The van der Waals surface area contributed by atoms with E-state index in [0.717, 1.165) is 18.4 Å². The molecule has 1 aliphatic rings. The number of hydrogen-bond acceptors (Lipinski definition) is 5. The zero-order valence-corrected chi connectivity index (χ0v) is 13.9. The Hall–Kier alpha value is -1.95. The van der Waals surface area contributed by atoms with Gasteiger partial charge in [0, 0.05) is 19.1 Å². The molecule has 1 aliphatic carbocycles. The second-order valence-electron chi connectivity index (χ2n) is 7.03. The standard InChI is InChI=1S/C17H26N2O4/c1-17(2,3)23-16(22)19-10-13(12-5-6-12)18-9-11-4-7-14(20)15(21)8-11/h4,7-8,12-13,18,20-21H,5-6,9-10H2,1-3H3,(H,19,22). The zero-order valence-electron chi connectivity index (χ0n) is 13.9. The summed E-state index contributed by atoms with van der Waals surface area (Å²) in [5, 5.41) is 25.0. The lowest BCUT2D eigenvalue weighted by Gasteiger charge is -2.22. The summed E-state index contributed by atoms with van der Waals surface area (Å²) in [5.74, 6) is 0.300. The molecule has 4 N–H and O–H groups in total. The van der Waals surface area contributed by atoms with Gasteiger partial charge < -0.3 is 25.6 Å². The van der Waals surface area contributed by atoms with Crippen molar-refractivity contribution in [3.8, 4) is 11.5 Å². The molecule has 0 bridgehead atoms. The highest BCUT2D eigenvalue weighted by atomic mass is 16.6. The van der Waals surface area contributed by atoms with Gasteiger partial charge in [-0.3, -0.25) is 0 Å². The average molecular weight is 322 g/mol. The van der Waals surface area contributed by atoms with E-state index in [1.54, 1.807) is 6.07 Å². The largest absolute Gasteiger partial charge is 0.504 e. The highest BCUT2D eigenvalue weighted by Gasteiger charge is 2.31. The molecule has 1 fully saturated rings. The maximum Gasteiger partial charge on any atom is 0.407 e. The summed E-state index contributed by atoms with van der Waals surface area (Å²) in [5.41, 5.74) is 0.374. The number of ether oxygens (including phenoxy) is 1. The van der Waals surface area contributed by atoms with Crippen molar-refractivity contribution in [2.75, 3.05) is 6.54 Å². The SMILES string of the molecule is CC(C)(C)OC(=O)NCC(NCc1ccc(O)c(O)c1)C1CC1. The van der Waals surface area contributed by atoms with Gasteiger partial charge in [-0.05, 0) is 57.2 Å². The summed E-state index contributed by atoms with van der Waals surface area (Å²) in [4.78, 5) is 11.7. The summed E-state index contributed by atoms with van der Waals surface area (Å²) in [6.45, 7) is 6.57. The van der Waals surface area contributed by atoms with E-state index < -0.39 is 11.7 Å². The lowest BCUT2D eigenvalue weighted by atomic mass is 10.1. The molecule has 0 heterocycles. The second-order valence-corrected chi connectivity index (χ2v) is 7.03. The van der Waals surface area contributed by atoms with Crippen molar-refractivity contribution in [1.82, 2.24) is 10.6 Å². The van der Waals surface area contributed by atoms with Crippen LogP contribution in [0.4, 0.5) is 4.79 Å². The Morgan fingerprint density at radius 3 is 2.57 bits per heavy atom. The van der Waals surface area contributed by atoms with Crippen LogP contribution in [0.25, 0.3) is 0 Å². The van der Waals surface area contributed by atoms with Crippen molar-refractivity contribution in [3.05, 3.63) is 23.8 Å². The van der Waals surface area contributed by atoms with Gasteiger partial charge in [-0.2, -0.15) is 0 Å². The van der Waals surface area contributed by atoms with Crippen LogP contribution >= 0.6 is 0 Å². The molecule has 1 saturated carbocycles. The van der Waals surface area contributed by atoms with Crippen LogP contribution in [0.1, 0.15) is 39.2 Å². The fourth-order valence-electron chi connectivity index (χ4n) is 2.34. The summed E-state index contributed by atoms with van der Waals surface area (Å²) >= 11 is 0. The van der Waals surface area contributed by atoms with Gasteiger partial charge in [0.15, 0.2) is 11.5 Å². The minimum atomic E-state index is -0.504. The Morgan fingerprint density at radius 2 is 2.00 bits per heavy atom. The Morgan fingerprint density at radius 1 is 1.30 bits per heavy atom. The van der Waals surface area contributed by atoms with Crippen LogP contribution in [0, 0.1) is 5.92 Å². The van der Waals surface area contributed by atoms with Gasteiger partial charge in [-0.25, -0.2) is 4.79 Å². The fourth-order valence-corrected chi connectivity index (χ4v) is 2.34. The Balaban J connectivity index is 1.82. The molecule has 1 atom stereocenters. The molecule has 0 aromatic heterocycles. The van der Waals surface area contributed by atoms with Crippen LogP contribution in [0.5, 0.6) is 11.5 Å². The molecule has 1 unspecified atom stereocenters. The van der Waals surface area contributed by atoms with E-state index in [1.807, 2.05) is 20.8 Å². The molecule has 23 heavy (non-hydrogen) atoms. The quantitative estimate of drug-likeness (QED) is 0.604. The molecule has 0 radical (unpaired) electrons. The van der Waals surface area contributed by atoms with Gasteiger partial charge in [-0.1, -0.05) is 6.07 Å². The molecule has 6 heteroatoms. The summed E-state index contributed by atoms with van der Waals surface area (Å²) in [6.07, 6.45) is 1.88. The van der Waals surface area contributed by atoms with Crippen molar-refractivity contribution in [2.45, 2.75) is 51.8 Å². The zero-order chi connectivity index (χ0) is 17.0.